The van der Waals surface area contributed by atoms with Crippen LogP contribution in [0.3, 0.4) is 0 Å². The summed E-state index contributed by atoms with van der Waals surface area (Å²) in [5, 5.41) is 10.3. The van der Waals surface area contributed by atoms with E-state index < -0.39 is 5.97 Å². The first kappa shape index (κ1) is 22.1. The van der Waals surface area contributed by atoms with E-state index in [0.717, 1.165) is 37.8 Å². The largest absolute Gasteiger partial charge is 0.487 e. The first-order valence-electron chi connectivity index (χ1n) is 10.9. The van der Waals surface area contributed by atoms with Crippen molar-refractivity contribution in [3.63, 3.8) is 0 Å². The maximum absolute atomic E-state index is 11.7. The predicted molar refractivity (Wildman–Crippen MR) is 125 cm³/mol. The first-order chi connectivity index (χ1) is 15.5. The summed E-state index contributed by atoms with van der Waals surface area (Å²) in [6, 6.07) is 15.8. The number of aryl methyl sites for hydroxylation is 1. The Bertz CT molecular complexity index is 1070. The summed E-state index contributed by atoms with van der Waals surface area (Å²) in [4.78, 5) is 22.9. The Morgan fingerprint density at radius 1 is 1.19 bits per heavy atom. The monoisotopic (exact) mass is 451 g/mol. The second-order valence-corrected chi connectivity index (χ2v) is 8.36. The minimum Gasteiger partial charge on any atom is -0.487 e. The zero-order chi connectivity index (χ0) is 22.5. The molecule has 0 bridgehead atoms. The second kappa shape index (κ2) is 10.0. The van der Waals surface area contributed by atoms with E-state index in [1.165, 1.54) is 11.8 Å². The Hall–Kier alpha value is -3.12. The van der Waals surface area contributed by atoms with Gasteiger partial charge >= 0.3 is 5.97 Å². The molecular weight excluding hydrogens is 426 g/mol. The van der Waals surface area contributed by atoms with Crippen molar-refractivity contribution in [3.05, 3.63) is 82.1 Å². The molecule has 7 heteroatoms. The van der Waals surface area contributed by atoms with Gasteiger partial charge < -0.3 is 14.7 Å². The third-order valence-electron chi connectivity index (χ3n) is 5.69. The number of carbonyl (C=O) groups is 1. The predicted octanol–water partition coefficient (Wildman–Crippen LogP) is 5.70. The fraction of sp³-hybridized carbons (Fsp3) is 0.320. The van der Waals surface area contributed by atoms with Crippen LogP contribution in [0.25, 0.3) is 0 Å². The smallest absolute Gasteiger partial charge is 0.339 e. The highest BCUT2D eigenvalue weighted by molar-refractivity contribution is 6.30. The first-order valence-corrected chi connectivity index (χ1v) is 11.3. The van der Waals surface area contributed by atoms with Gasteiger partial charge in [0.1, 0.15) is 17.9 Å². The van der Waals surface area contributed by atoms with Crippen LogP contribution in [0.15, 0.2) is 54.7 Å². The zero-order valence-corrected chi connectivity index (χ0v) is 18.8. The molecule has 1 aliphatic heterocycles. The number of nitrogens with zero attached hydrogens (tertiary/aromatic N) is 3. The fourth-order valence-corrected chi connectivity index (χ4v) is 4.19. The summed E-state index contributed by atoms with van der Waals surface area (Å²) in [5.41, 5.74) is 2.81. The van der Waals surface area contributed by atoms with Gasteiger partial charge in [0.05, 0.1) is 11.7 Å². The minimum atomic E-state index is -1.07. The number of halogens is 1. The molecule has 0 amide bonds. The molecule has 1 unspecified atom stereocenters. The van der Waals surface area contributed by atoms with E-state index in [1.54, 1.807) is 0 Å². The van der Waals surface area contributed by atoms with Gasteiger partial charge in [-0.05, 0) is 54.7 Å². The van der Waals surface area contributed by atoms with Crippen molar-refractivity contribution < 1.29 is 14.6 Å². The average Bonchev–Trinajstić information content (AvgIpc) is 3.29. The van der Waals surface area contributed by atoms with Gasteiger partial charge in [-0.2, -0.15) is 0 Å². The summed E-state index contributed by atoms with van der Waals surface area (Å²) in [7, 11) is 0. The highest BCUT2D eigenvalue weighted by Gasteiger charge is 2.29. The van der Waals surface area contributed by atoms with Gasteiger partial charge in [0.2, 0.25) is 5.95 Å². The molecule has 1 aromatic heterocycles. The van der Waals surface area contributed by atoms with Crippen LogP contribution in [0, 0.1) is 0 Å². The molecule has 1 fully saturated rings. The fourth-order valence-electron chi connectivity index (χ4n) is 4.06. The maximum Gasteiger partial charge on any atom is 0.339 e. The Morgan fingerprint density at radius 2 is 1.94 bits per heavy atom. The number of aromatic nitrogens is 2. The van der Waals surface area contributed by atoms with Crippen LogP contribution in [0.2, 0.25) is 5.02 Å². The van der Waals surface area contributed by atoms with Crippen molar-refractivity contribution in [1.29, 1.82) is 0 Å². The van der Waals surface area contributed by atoms with Crippen molar-refractivity contribution in [2.45, 2.75) is 45.3 Å². The van der Waals surface area contributed by atoms with Crippen molar-refractivity contribution >= 4 is 23.5 Å². The van der Waals surface area contributed by atoms with Crippen molar-refractivity contribution in [2.24, 2.45) is 0 Å². The lowest BCUT2D eigenvalue weighted by molar-refractivity contribution is 0.0692. The Kier molecular flexibility index (Phi) is 6.90. The summed E-state index contributed by atoms with van der Waals surface area (Å²) < 4.78 is 5.87. The van der Waals surface area contributed by atoms with Gasteiger partial charge in [-0.15, -0.1) is 0 Å². The number of carboxylic acid groups (broad SMARTS) is 1. The van der Waals surface area contributed by atoms with Crippen LogP contribution in [0.1, 0.15) is 59.4 Å². The standard InChI is InChI=1S/C25H26ClN3O3/c1-2-4-17-6-12-20(13-7-17)32-16-22-21(24(30)31)15-27-25(28-22)29-14-3-5-23(29)18-8-10-19(26)11-9-18/h6-13,15,23H,2-5,14,16H2,1H3,(H,30,31). The molecule has 2 aromatic carbocycles. The number of benzene rings is 2. The summed E-state index contributed by atoms with van der Waals surface area (Å²) in [6.45, 7) is 3.00. The molecule has 32 heavy (non-hydrogen) atoms. The molecule has 1 aliphatic rings. The average molecular weight is 452 g/mol. The number of anilines is 1. The summed E-state index contributed by atoms with van der Waals surface area (Å²) in [6.07, 6.45) is 5.46. The van der Waals surface area contributed by atoms with Gasteiger partial charge in [0.15, 0.2) is 0 Å². The molecule has 1 N–H and O–H groups in total. The lowest BCUT2D eigenvalue weighted by Gasteiger charge is -2.25. The molecule has 166 valence electrons. The van der Waals surface area contributed by atoms with E-state index in [9.17, 15) is 9.90 Å². The molecule has 0 saturated carbocycles. The topological polar surface area (TPSA) is 75.5 Å². The number of hydrogen-bond donors (Lipinski definition) is 1. The lowest BCUT2D eigenvalue weighted by Crippen LogP contribution is -2.26. The third kappa shape index (κ3) is 5.02. The zero-order valence-electron chi connectivity index (χ0n) is 18.0. The molecule has 3 aromatic rings. The van der Waals surface area contributed by atoms with E-state index in [1.807, 2.05) is 48.5 Å². The number of carboxylic acids is 1. The molecule has 1 atom stereocenters. The Morgan fingerprint density at radius 3 is 2.62 bits per heavy atom. The Balaban J connectivity index is 1.56. The van der Waals surface area contributed by atoms with Gasteiger partial charge in [0, 0.05) is 17.8 Å². The number of ether oxygens (including phenoxy) is 1. The Labute approximate surface area is 192 Å². The summed E-state index contributed by atoms with van der Waals surface area (Å²) in [5.74, 6) is 0.134. The molecular formula is C25H26ClN3O3. The molecule has 4 rings (SSSR count). The van der Waals surface area contributed by atoms with Crippen LogP contribution in [0.4, 0.5) is 5.95 Å². The van der Waals surface area contributed by atoms with Crippen LogP contribution >= 0.6 is 11.6 Å². The minimum absolute atomic E-state index is 0.0543. The molecule has 1 saturated heterocycles. The molecule has 0 aliphatic carbocycles. The van der Waals surface area contributed by atoms with Crippen molar-refractivity contribution in [2.75, 3.05) is 11.4 Å². The molecule has 2 heterocycles. The third-order valence-corrected chi connectivity index (χ3v) is 5.94. The van der Waals surface area contributed by atoms with Gasteiger partial charge in [-0.25, -0.2) is 14.8 Å². The maximum atomic E-state index is 11.7. The molecule has 6 nitrogen and oxygen atoms in total. The van der Waals surface area contributed by atoms with E-state index in [4.69, 9.17) is 16.3 Å². The quantitative estimate of drug-likeness (QED) is 0.473. The van der Waals surface area contributed by atoms with Gasteiger partial charge in [-0.3, -0.25) is 0 Å². The van der Waals surface area contributed by atoms with E-state index in [0.29, 0.717) is 22.4 Å². The highest BCUT2D eigenvalue weighted by Crippen LogP contribution is 2.35. The normalized spacial score (nSPS) is 15.7. The van der Waals surface area contributed by atoms with Gasteiger partial charge in [-0.1, -0.05) is 49.2 Å². The molecule has 0 spiro atoms. The van der Waals surface area contributed by atoms with E-state index in [2.05, 4.69) is 21.8 Å². The van der Waals surface area contributed by atoms with Crippen LogP contribution in [0.5, 0.6) is 5.75 Å². The van der Waals surface area contributed by atoms with Crippen LogP contribution in [-0.2, 0) is 13.0 Å². The van der Waals surface area contributed by atoms with E-state index in [-0.39, 0.29) is 18.2 Å². The van der Waals surface area contributed by atoms with Crippen LogP contribution < -0.4 is 9.64 Å². The second-order valence-electron chi connectivity index (χ2n) is 7.92. The highest BCUT2D eigenvalue weighted by atomic mass is 35.5. The number of aromatic carboxylic acids is 1. The number of rotatable bonds is 8. The molecule has 0 radical (unpaired) electrons. The lowest BCUT2D eigenvalue weighted by atomic mass is 10.1. The van der Waals surface area contributed by atoms with Crippen LogP contribution in [-0.4, -0.2) is 27.6 Å². The number of hydrogen-bond acceptors (Lipinski definition) is 5. The van der Waals surface area contributed by atoms with Crippen molar-refractivity contribution in [3.8, 4) is 5.75 Å². The SMILES string of the molecule is CCCc1ccc(OCc2nc(N3CCCC3c3ccc(Cl)cc3)ncc2C(=O)O)cc1. The van der Waals surface area contributed by atoms with Crippen molar-refractivity contribution in [1.82, 2.24) is 9.97 Å². The van der Waals surface area contributed by atoms with E-state index >= 15 is 0 Å². The summed E-state index contributed by atoms with van der Waals surface area (Å²) >= 11 is 6.04. The van der Waals surface area contributed by atoms with Gasteiger partial charge in [0.25, 0.3) is 0 Å².